The van der Waals surface area contributed by atoms with Crippen LogP contribution in [0.2, 0.25) is 5.15 Å². The summed E-state index contributed by atoms with van der Waals surface area (Å²) in [5, 5.41) is 2.73. The van der Waals surface area contributed by atoms with Gasteiger partial charge in [-0.3, -0.25) is 9.78 Å². The van der Waals surface area contributed by atoms with Gasteiger partial charge in [0.05, 0.1) is 12.2 Å². The normalized spacial score (nSPS) is 12.5. The van der Waals surface area contributed by atoms with Gasteiger partial charge in [-0.2, -0.15) is 0 Å². The Kier molecular flexibility index (Phi) is 10.0. The minimum Gasteiger partial charge on any atom is -0.494 e. The summed E-state index contributed by atoms with van der Waals surface area (Å²) in [6.07, 6.45) is 6.00. The Bertz CT molecular complexity index is 907. The van der Waals surface area contributed by atoms with Crippen molar-refractivity contribution in [2.75, 3.05) is 0 Å². The second-order valence-electron chi connectivity index (χ2n) is 5.56. The number of nitrogens with one attached hydrogen (secondary N) is 1. The van der Waals surface area contributed by atoms with E-state index in [9.17, 15) is 13.6 Å². The molecule has 9 heteroatoms. The number of allylic oxidation sites excluding steroid dienone is 2. The van der Waals surface area contributed by atoms with Gasteiger partial charge in [0.2, 0.25) is 6.41 Å². The fourth-order valence-corrected chi connectivity index (χ4v) is 2.28. The van der Waals surface area contributed by atoms with Gasteiger partial charge in [0.15, 0.2) is 5.82 Å². The van der Waals surface area contributed by atoms with Gasteiger partial charge in [-0.05, 0) is 43.2 Å². The van der Waals surface area contributed by atoms with Crippen LogP contribution in [0.15, 0.2) is 42.1 Å². The lowest BCUT2D eigenvalue weighted by Gasteiger charge is -2.17. The highest BCUT2D eigenvalue weighted by atomic mass is 35.5. The number of hydrogen-bond acceptors (Lipinski definition) is 4. The van der Waals surface area contributed by atoms with Gasteiger partial charge in [-0.1, -0.05) is 25.4 Å². The van der Waals surface area contributed by atoms with E-state index in [1.54, 1.807) is 25.3 Å². The molecule has 0 aromatic carbocycles. The topological polar surface area (TPSA) is 64.1 Å². The van der Waals surface area contributed by atoms with E-state index < -0.39 is 17.6 Å². The third-order valence-corrected chi connectivity index (χ3v) is 3.63. The first-order chi connectivity index (χ1) is 13.8. The van der Waals surface area contributed by atoms with Gasteiger partial charge in [0.25, 0.3) is 0 Å². The maximum Gasteiger partial charge on any atom is 0.211 e. The molecular formula is C20H21BClF2N3O2. The van der Waals surface area contributed by atoms with Crippen LogP contribution < -0.4 is 5.32 Å². The molecule has 0 aliphatic rings. The van der Waals surface area contributed by atoms with Crippen molar-refractivity contribution in [3.63, 3.8) is 0 Å². The number of hydrogen-bond donors (Lipinski definition) is 1. The first-order valence-corrected chi connectivity index (χ1v) is 9.13. The van der Waals surface area contributed by atoms with E-state index in [4.69, 9.17) is 24.2 Å². The Morgan fingerprint density at radius 3 is 2.59 bits per heavy atom. The van der Waals surface area contributed by atoms with E-state index in [2.05, 4.69) is 15.3 Å². The average Bonchev–Trinajstić information content (AvgIpc) is 2.66. The smallest absolute Gasteiger partial charge is 0.211 e. The number of amides is 1. The van der Waals surface area contributed by atoms with Crippen molar-refractivity contribution in [2.45, 2.75) is 33.7 Å². The molecule has 29 heavy (non-hydrogen) atoms. The van der Waals surface area contributed by atoms with Crippen LogP contribution in [0.25, 0.3) is 6.08 Å². The molecule has 152 valence electrons. The third kappa shape index (κ3) is 7.66. The lowest BCUT2D eigenvalue weighted by Crippen LogP contribution is -2.11. The molecule has 0 saturated heterocycles. The average molecular weight is 420 g/mol. The molecule has 0 aliphatic carbocycles. The largest absolute Gasteiger partial charge is 0.494 e. The SMILES string of the molecule is CC.[B]C(OC(/C=C(/C)NC=O)=C/c1cc(Cl)ncc1C)c1ncc(F)cc1F. The molecule has 0 spiro atoms. The molecule has 5 nitrogen and oxygen atoms in total. The predicted octanol–water partition coefficient (Wildman–Crippen LogP) is 4.62. The number of carbonyl (C=O) groups is 1. The first-order valence-electron chi connectivity index (χ1n) is 8.75. The number of ether oxygens (including phenoxy) is 1. The minimum atomic E-state index is -1.31. The highest BCUT2D eigenvalue weighted by molar-refractivity contribution is 6.29. The summed E-state index contributed by atoms with van der Waals surface area (Å²) in [6.45, 7) is 7.44. The summed E-state index contributed by atoms with van der Waals surface area (Å²) in [5.74, 6) is -1.56. The molecule has 0 saturated carbocycles. The molecule has 0 bridgehead atoms. The minimum absolute atomic E-state index is 0.199. The molecule has 2 aromatic rings. The maximum atomic E-state index is 13.9. The van der Waals surface area contributed by atoms with Gasteiger partial charge in [-0.25, -0.2) is 13.8 Å². The summed E-state index contributed by atoms with van der Waals surface area (Å²) >= 11 is 5.92. The second-order valence-corrected chi connectivity index (χ2v) is 5.95. The lowest BCUT2D eigenvalue weighted by atomic mass is 9.95. The van der Waals surface area contributed by atoms with Crippen molar-refractivity contribution in [3.8, 4) is 0 Å². The van der Waals surface area contributed by atoms with Crippen molar-refractivity contribution < 1.29 is 18.3 Å². The van der Waals surface area contributed by atoms with Gasteiger partial charge in [-0.15, -0.1) is 0 Å². The van der Waals surface area contributed by atoms with Crippen molar-refractivity contribution in [1.82, 2.24) is 15.3 Å². The molecule has 2 radical (unpaired) electrons. The Balaban J connectivity index is 0.00000204. The Morgan fingerprint density at radius 1 is 1.28 bits per heavy atom. The lowest BCUT2D eigenvalue weighted by molar-refractivity contribution is -0.108. The van der Waals surface area contributed by atoms with E-state index in [1.165, 1.54) is 6.08 Å². The number of rotatable bonds is 7. The van der Waals surface area contributed by atoms with Crippen LogP contribution in [0.1, 0.15) is 43.6 Å². The van der Waals surface area contributed by atoms with Crippen LogP contribution in [-0.4, -0.2) is 24.2 Å². The molecule has 1 amide bonds. The highest BCUT2D eigenvalue weighted by Gasteiger charge is 2.16. The van der Waals surface area contributed by atoms with E-state index in [0.29, 0.717) is 23.7 Å². The summed E-state index contributed by atoms with van der Waals surface area (Å²) in [5.41, 5.74) is 1.67. The fraction of sp³-hybridized carbons (Fsp3) is 0.250. The number of aryl methyl sites for hydroxylation is 1. The quantitative estimate of drug-likeness (QED) is 0.234. The van der Waals surface area contributed by atoms with Crippen LogP contribution in [-0.2, 0) is 9.53 Å². The van der Waals surface area contributed by atoms with Gasteiger partial charge in [0.1, 0.15) is 30.3 Å². The zero-order valence-corrected chi connectivity index (χ0v) is 17.3. The zero-order chi connectivity index (χ0) is 22.0. The molecule has 2 rings (SSSR count). The van der Waals surface area contributed by atoms with Crippen LogP contribution in [0, 0.1) is 18.6 Å². The van der Waals surface area contributed by atoms with E-state index in [0.717, 1.165) is 11.8 Å². The zero-order valence-electron chi connectivity index (χ0n) is 16.5. The third-order valence-electron chi connectivity index (χ3n) is 3.42. The molecule has 2 heterocycles. The van der Waals surface area contributed by atoms with E-state index >= 15 is 0 Å². The second kappa shape index (κ2) is 12.0. The summed E-state index contributed by atoms with van der Waals surface area (Å²) in [7, 11) is 5.87. The fourth-order valence-electron chi connectivity index (χ4n) is 2.12. The van der Waals surface area contributed by atoms with Gasteiger partial charge >= 0.3 is 0 Å². The van der Waals surface area contributed by atoms with Crippen LogP contribution in [0.3, 0.4) is 0 Å². The van der Waals surface area contributed by atoms with Crippen molar-refractivity contribution in [1.29, 1.82) is 0 Å². The van der Waals surface area contributed by atoms with Crippen molar-refractivity contribution >= 4 is 31.9 Å². The molecule has 1 atom stereocenters. The van der Waals surface area contributed by atoms with Crippen molar-refractivity contribution in [3.05, 3.63) is 75.7 Å². The van der Waals surface area contributed by atoms with E-state index in [1.807, 2.05) is 20.8 Å². The summed E-state index contributed by atoms with van der Waals surface area (Å²) in [4.78, 5) is 18.2. The highest BCUT2D eigenvalue weighted by Crippen LogP contribution is 2.23. The molecule has 1 unspecified atom stereocenters. The van der Waals surface area contributed by atoms with Crippen LogP contribution in [0.5, 0.6) is 0 Å². The molecule has 0 aliphatic heterocycles. The molecular weight excluding hydrogens is 399 g/mol. The number of nitrogens with zero attached hydrogens (tertiary/aromatic N) is 2. The van der Waals surface area contributed by atoms with Crippen LogP contribution >= 0.6 is 11.6 Å². The number of aromatic nitrogens is 2. The molecule has 0 fully saturated rings. The maximum absolute atomic E-state index is 13.9. The van der Waals surface area contributed by atoms with Crippen molar-refractivity contribution in [2.24, 2.45) is 0 Å². The molecule has 1 N–H and O–H groups in total. The first kappa shape index (κ1) is 24.3. The van der Waals surface area contributed by atoms with Crippen LogP contribution in [0.4, 0.5) is 8.78 Å². The monoisotopic (exact) mass is 419 g/mol. The molecule has 2 aromatic heterocycles. The van der Waals surface area contributed by atoms with Gasteiger partial charge < -0.3 is 10.1 Å². The summed E-state index contributed by atoms with van der Waals surface area (Å²) < 4.78 is 32.5. The Hall–Kier alpha value is -2.74. The van der Waals surface area contributed by atoms with E-state index in [-0.39, 0.29) is 16.6 Å². The Labute approximate surface area is 175 Å². The number of pyridine rings is 2. The summed E-state index contributed by atoms with van der Waals surface area (Å²) in [6, 6.07) is 0.963. The standard InChI is InChI=1S/C18H15BClF2N3O2.C2H6/c1-10-7-23-16(20)5-12(10)4-14(3-11(2)25-9-26)27-18(19)17-15(22)6-13(21)8-24-17;1-2/h3-9,18H,1-2H3,(H,25,26);1-2H3/b11-3-,14-4+;. The number of carbonyl (C=O) groups excluding carboxylic acids is 1. The predicted molar refractivity (Wildman–Crippen MR) is 110 cm³/mol. The Morgan fingerprint density at radius 2 is 1.97 bits per heavy atom. The van der Waals surface area contributed by atoms with Gasteiger partial charge in [0, 0.05) is 18.0 Å². The number of halogens is 3.